The lowest BCUT2D eigenvalue weighted by molar-refractivity contribution is -0.126. The second-order valence-electron chi connectivity index (χ2n) is 7.14. The molecule has 0 bridgehead atoms. The number of hydrogen-bond acceptors (Lipinski definition) is 7. The summed E-state index contributed by atoms with van der Waals surface area (Å²) >= 11 is 1.51. The predicted octanol–water partition coefficient (Wildman–Crippen LogP) is 4.32. The molecule has 1 unspecified atom stereocenters. The number of rotatable bonds is 6. The van der Waals surface area contributed by atoms with Gasteiger partial charge in [-0.05, 0) is 37.8 Å². The van der Waals surface area contributed by atoms with E-state index in [4.69, 9.17) is 0 Å². The van der Waals surface area contributed by atoms with Crippen molar-refractivity contribution < 1.29 is 4.79 Å². The third kappa shape index (κ3) is 4.71. The van der Waals surface area contributed by atoms with Gasteiger partial charge in [-0.2, -0.15) is 0 Å². The average molecular weight is 421 g/mol. The summed E-state index contributed by atoms with van der Waals surface area (Å²) in [6.45, 7) is 4.64. The molecule has 0 saturated carbocycles. The lowest BCUT2D eigenvalue weighted by Gasteiger charge is -2.23. The van der Waals surface area contributed by atoms with E-state index in [0.717, 1.165) is 42.1 Å². The van der Waals surface area contributed by atoms with Crippen LogP contribution in [0.2, 0.25) is 0 Å². The van der Waals surface area contributed by atoms with E-state index in [-0.39, 0.29) is 11.9 Å². The Morgan fingerprint density at radius 3 is 2.87 bits per heavy atom. The van der Waals surface area contributed by atoms with Gasteiger partial charge in [0.15, 0.2) is 0 Å². The van der Waals surface area contributed by atoms with Gasteiger partial charge in [-0.1, -0.05) is 48.6 Å². The van der Waals surface area contributed by atoms with Gasteiger partial charge in [-0.25, -0.2) is 9.97 Å². The molecular formula is C22H24N6OS. The van der Waals surface area contributed by atoms with E-state index in [1.807, 2.05) is 54.3 Å². The summed E-state index contributed by atoms with van der Waals surface area (Å²) in [4.78, 5) is 23.9. The van der Waals surface area contributed by atoms with Crippen LogP contribution in [0, 0.1) is 6.92 Å². The Morgan fingerprint density at radius 1 is 1.27 bits per heavy atom. The van der Waals surface area contributed by atoms with Crippen LogP contribution in [0.15, 0.2) is 42.5 Å². The summed E-state index contributed by atoms with van der Waals surface area (Å²) in [5.41, 5.74) is 1.86. The Hall–Kier alpha value is -3.13. The van der Waals surface area contributed by atoms with E-state index in [9.17, 15) is 4.79 Å². The van der Waals surface area contributed by atoms with Gasteiger partial charge in [-0.15, -0.1) is 10.2 Å². The largest absolute Gasteiger partial charge is 0.331 e. The first kappa shape index (κ1) is 20.2. The third-order valence-electron chi connectivity index (χ3n) is 4.96. The van der Waals surface area contributed by atoms with Gasteiger partial charge in [0.2, 0.25) is 11.0 Å². The zero-order valence-electron chi connectivity index (χ0n) is 17.1. The Kier molecular flexibility index (Phi) is 6.13. The van der Waals surface area contributed by atoms with Crippen LogP contribution in [0.3, 0.4) is 0 Å². The van der Waals surface area contributed by atoms with Crippen LogP contribution in [0.25, 0.3) is 6.08 Å². The van der Waals surface area contributed by atoms with Crippen LogP contribution < -0.4 is 5.32 Å². The molecular weight excluding hydrogens is 396 g/mol. The van der Waals surface area contributed by atoms with E-state index >= 15 is 0 Å². The van der Waals surface area contributed by atoms with E-state index in [1.165, 1.54) is 11.3 Å². The zero-order valence-corrected chi connectivity index (χ0v) is 17.9. The summed E-state index contributed by atoms with van der Waals surface area (Å²) in [5, 5.41) is 13.2. The summed E-state index contributed by atoms with van der Waals surface area (Å²) in [5.74, 6) is 1.34. The van der Waals surface area contributed by atoms with Gasteiger partial charge in [0.1, 0.15) is 16.6 Å². The van der Waals surface area contributed by atoms with Crippen LogP contribution in [0.1, 0.15) is 47.9 Å². The smallest absolute Gasteiger partial charge is 0.247 e. The second kappa shape index (κ2) is 9.13. The van der Waals surface area contributed by atoms with Crippen LogP contribution >= 0.6 is 11.3 Å². The van der Waals surface area contributed by atoms with Gasteiger partial charge in [-0.3, -0.25) is 4.79 Å². The lowest BCUT2D eigenvalue weighted by Crippen LogP contribution is -2.29. The summed E-state index contributed by atoms with van der Waals surface area (Å²) in [6, 6.07) is 11.7. The van der Waals surface area contributed by atoms with Crippen molar-refractivity contribution in [2.24, 2.45) is 0 Å². The fourth-order valence-corrected chi connectivity index (χ4v) is 4.23. The minimum absolute atomic E-state index is 0.00355. The minimum Gasteiger partial charge on any atom is -0.331 e. The number of benzene rings is 1. The van der Waals surface area contributed by atoms with Crippen LogP contribution in [0.5, 0.6) is 0 Å². The van der Waals surface area contributed by atoms with Gasteiger partial charge in [0.25, 0.3) is 0 Å². The molecule has 1 atom stereocenters. The molecule has 8 heteroatoms. The van der Waals surface area contributed by atoms with Crippen molar-refractivity contribution in [3.8, 4) is 0 Å². The minimum atomic E-state index is -0.0548. The van der Waals surface area contributed by atoms with Crippen LogP contribution in [0.4, 0.5) is 10.9 Å². The molecule has 30 heavy (non-hydrogen) atoms. The summed E-state index contributed by atoms with van der Waals surface area (Å²) < 4.78 is 0. The highest BCUT2D eigenvalue weighted by Gasteiger charge is 2.30. The van der Waals surface area contributed by atoms with E-state index in [1.54, 1.807) is 6.08 Å². The van der Waals surface area contributed by atoms with E-state index in [0.29, 0.717) is 16.8 Å². The first-order chi connectivity index (χ1) is 14.6. The Balaban J connectivity index is 1.52. The van der Waals surface area contributed by atoms with Gasteiger partial charge in [0, 0.05) is 18.7 Å². The monoisotopic (exact) mass is 420 g/mol. The van der Waals surface area contributed by atoms with Gasteiger partial charge < -0.3 is 10.2 Å². The van der Waals surface area contributed by atoms with Crippen molar-refractivity contribution in [1.29, 1.82) is 0 Å². The number of hydrogen-bond donors (Lipinski definition) is 1. The maximum atomic E-state index is 12.9. The number of carbonyl (C=O) groups excluding carboxylic acids is 1. The van der Waals surface area contributed by atoms with Crippen molar-refractivity contribution in [2.45, 2.75) is 39.2 Å². The summed E-state index contributed by atoms with van der Waals surface area (Å²) in [7, 11) is 0. The number of likely N-dealkylation sites (tertiary alicyclic amines) is 1. The molecule has 1 aromatic carbocycles. The number of amides is 1. The highest BCUT2D eigenvalue weighted by atomic mass is 32.1. The number of aromatic nitrogens is 4. The molecule has 1 aliphatic heterocycles. The number of aryl methyl sites for hydroxylation is 2. The van der Waals surface area contributed by atoms with Crippen LogP contribution in [-0.4, -0.2) is 37.5 Å². The standard InChI is InChI=1S/C22H24N6OS/c1-3-20-26-27-22(30-20)25-19-14-17(23-15(2)24-19)18-10-7-13-28(18)21(29)12-11-16-8-5-4-6-9-16/h4-6,8-9,11-12,14,18H,3,7,10,13H2,1-2H3,(H,23,24,25,27). The molecule has 0 aliphatic carbocycles. The van der Waals surface area contributed by atoms with Crippen molar-refractivity contribution in [2.75, 3.05) is 11.9 Å². The first-order valence-corrected chi connectivity index (χ1v) is 10.9. The van der Waals surface area contributed by atoms with Gasteiger partial charge >= 0.3 is 0 Å². The molecule has 3 aromatic rings. The molecule has 7 nitrogen and oxygen atoms in total. The highest BCUT2D eigenvalue weighted by Crippen LogP contribution is 2.32. The highest BCUT2D eigenvalue weighted by molar-refractivity contribution is 7.15. The summed E-state index contributed by atoms with van der Waals surface area (Å²) in [6.07, 6.45) is 6.20. The molecule has 154 valence electrons. The molecule has 1 N–H and O–H groups in total. The fourth-order valence-electron chi connectivity index (χ4n) is 3.55. The molecule has 3 heterocycles. The SMILES string of the molecule is CCc1nnc(Nc2cc(C3CCCN3C(=O)C=Cc3ccccc3)nc(C)n2)s1. The zero-order chi connectivity index (χ0) is 20.9. The molecule has 1 amide bonds. The molecule has 4 rings (SSSR count). The first-order valence-electron chi connectivity index (χ1n) is 10.1. The van der Waals surface area contributed by atoms with Crippen LogP contribution in [-0.2, 0) is 11.2 Å². The third-order valence-corrected chi connectivity index (χ3v) is 5.94. The quantitative estimate of drug-likeness (QED) is 0.598. The normalized spacial score (nSPS) is 16.3. The van der Waals surface area contributed by atoms with Crippen molar-refractivity contribution in [1.82, 2.24) is 25.1 Å². The molecule has 1 fully saturated rings. The van der Waals surface area contributed by atoms with Crippen molar-refractivity contribution >= 4 is 34.3 Å². The second-order valence-corrected chi connectivity index (χ2v) is 8.20. The lowest BCUT2D eigenvalue weighted by atomic mass is 10.1. The molecule has 2 aromatic heterocycles. The number of nitrogens with zero attached hydrogens (tertiary/aromatic N) is 5. The Morgan fingerprint density at radius 2 is 2.10 bits per heavy atom. The molecule has 1 aliphatic rings. The maximum Gasteiger partial charge on any atom is 0.247 e. The molecule has 0 spiro atoms. The van der Waals surface area contributed by atoms with Gasteiger partial charge in [0.05, 0.1) is 11.7 Å². The van der Waals surface area contributed by atoms with Crippen molar-refractivity contribution in [3.63, 3.8) is 0 Å². The Bertz CT molecular complexity index is 1050. The number of anilines is 2. The molecule has 1 saturated heterocycles. The van der Waals surface area contributed by atoms with Crippen molar-refractivity contribution in [3.05, 3.63) is 64.6 Å². The number of carbonyl (C=O) groups is 1. The Labute approximate surface area is 179 Å². The fraction of sp³-hybridized carbons (Fsp3) is 0.318. The maximum absolute atomic E-state index is 12.9. The van der Waals surface area contributed by atoms with E-state index in [2.05, 4.69) is 32.4 Å². The van der Waals surface area contributed by atoms with E-state index < -0.39 is 0 Å². The molecule has 0 radical (unpaired) electrons. The topological polar surface area (TPSA) is 83.9 Å². The average Bonchev–Trinajstić information content (AvgIpc) is 3.42. The number of nitrogens with one attached hydrogen (secondary N) is 1. The predicted molar refractivity (Wildman–Crippen MR) is 119 cm³/mol.